The van der Waals surface area contributed by atoms with Crippen molar-refractivity contribution in [3.05, 3.63) is 35.4 Å². The van der Waals surface area contributed by atoms with Crippen molar-refractivity contribution in [2.45, 2.75) is 39.4 Å². The Hall–Kier alpha value is -1.03. The summed E-state index contributed by atoms with van der Waals surface area (Å²) in [6.07, 6.45) is -2.41. The Bertz CT molecular complexity index is 521. The van der Waals surface area contributed by atoms with Crippen LogP contribution in [0.2, 0.25) is 0 Å². The maximum absolute atomic E-state index is 12.6. The Morgan fingerprint density at radius 1 is 1.15 bits per heavy atom. The smallest absolute Gasteiger partial charge is 0.382 e. The fraction of sp³-hybridized carbons (Fsp3) is 0.611. The predicted molar refractivity (Wildman–Crippen MR) is 110 cm³/mol. The molecule has 1 aromatic rings. The van der Waals surface area contributed by atoms with E-state index < -0.39 is 11.7 Å². The van der Waals surface area contributed by atoms with Gasteiger partial charge in [-0.05, 0) is 44.4 Å². The number of guanidine groups is 1. The molecule has 1 aromatic carbocycles. The van der Waals surface area contributed by atoms with Gasteiger partial charge in [0.1, 0.15) is 0 Å². The van der Waals surface area contributed by atoms with Gasteiger partial charge in [-0.2, -0.15) is 13.2 Å². The van der Waals surface area contributed by atoms with E-state index in [1.54, 1.807) is 0 Å². The van der Waals surface area contributed by atoms with Gasteiger partial charge in [0.05, 0.1) is 5.56 Å². The summed E-state index contributed by atoms with van der Waals surface area (Å²) in [5.74, 6) is 0.749. The van der Waals surface area contributed by atoms with Gasteiger partial charge in [0.2, 0.25) is 0 Å². The average molecular weight is 487 g/mol. The highest BCUT2D eigenvalue weighted by Crippen LogP contribution is 2.29. The van der Waals surface area contributed by atoms with Crippen molar-refractivity contribution in [1.82, 2.24) is 10.2 Å². The molecule has 0 atom stereocenters. The first-order chi connectivity index (χ1) is 11.9. The molecule has 8 heteroatoms. The summed E-state index contributed by atoms with van der Waals surface area (Å²) < 4.78 is 43.1. The Morgan fingerprint density at radius 2 is 1.81 bits per heavy atom. The number of nitrogens with zero attached hydrogens (tertiary/aromatic N) is 2. The van der Waals surface area contributed by atoms with Crippen LogP contribution in [0.1, 0.15) is 37.8 Å². The largest absolute Gasteiger partial charge is 0.416 e. The van der Waals surface area contributed by atoms with E-state index in [1.807, 2.05) is 25.8 Å². The van der Waals surface area contributed by atoms with E-state index in [4.69, 9.17) is 4.74 Å². The molecule has 26 heavy (non-hydrogen) atoms. The summed E-state index contributed by atoms with van der Waals surface area (Å²) in [5.41, 5.74) is 0.172. The molecular weight excluding hydrogens is 458 g/mol. The van der Waals surface area contributed by atoms with E-state index >= 15 is 0 Å². The molecule has 0 aliphatic rings. The topological polar surface area (TPSA) is 36.9 Å². The Morgan fingerprint density at radius 3 is 2.35 bits per heavy atom. The molecule has 4 nitrogen and oxygen atoms in total. The van der Waals surface area contributed by atoms with Crippen LogP contribution in [-0.4, -0.2) is 44.2 Å². The van der Waals surface area contributed by atoms with E-state index in [9.17, 15) is 13.2 Å². The number of ether oxygens (including phenoxy) is 1. The fourth-order valence-electron chi connectivity index (χ4n) is 2.26. The highest BCUT2D eigenvalue weighted by Gasteiger charge is 2.29. The second-order valence-corrected chi connectivity index (χ2v) is 5.69. The van der Waals surface area contributed by atoms with Crippen LogP contribution in [0.25, 0.3) is 0 Å². The lowest BCUT2D eigenvalue weighted by Gasteiger charge is -2.22. The quantitative estimate of drug-likeness (QED) is 0.241. The molecule has 0 amide bonds. The fourth-order valence-corrected chi connectivity index (χ4v) is 2.26. The highest BCUT2D eigenvalue weighted by molar-refractivity contribution is 14.0. The van der Waals surface area contributed by atoms with Gasteiger partial charge in [0.15, 0.2) is 5.96 Å². The van der Waals surface area contributed by atoms with Gasteiger partial charge in [-0.15, -0.1) is 24.0 Å². The Balaban J connectivity index is 0.00000625. The average Bonchev–Trinajstić information content (AvgIpc) is 2.56. The molecule has 0 saturated heterocycles. The maximum atomic E-state index is 12.6. The van der Waals surface area contributed by atoms with Crippen molar-refractivity contribution in [2.24, 2.45) is 4.99 Å². The molecule has 150 valence electrons. The highest BCUT2D eigenvalue weighted by atomic mass is 127. The van der Waals surface area contributed by atoms with Crippen LogP contribution in [0.4, 0.5) is 13.2 Å². The van der Waals surface area contributed by atoms with Crippen molar-refractivity contribution in [1.29, 1.82) is 0 Å². The maximum Gasteiger partial charge on any atom is 0.416 e. The molecule has 1 rings (SSSR count). The molecule has 0 heterocycles. The van der Waals surface area contributed by atoms with E-state index in [0.717, 1.165) is 56.3 Å². The summed E-state index contributed by atoms with van der Waals surface area (Å²) in [5, 5.41) is 3.21. The van der Waals surface area contributed by atoms with Crippen LogP contribution in [-0.2, 0) is 17.5 Å². The molecule has 0 aliphatic heterocycles. The number of alkyl halides is 3. The SMILES string of the molecule is CCNC(=NCCCCOCC)N(C)Cc1ccc(C(F)(F)F)cc1.I. The van der Waals surface area contributed by atoms with Crippen molar-refractivity contribution in [2.75, 3.05) is 33.4 Å². The van der Waals surface area contributed by atoms with Crippen molar-refractivity contribution < 1.29 is 17.9 Å². The minimum absolute atomic E-state index is 0. The molecule has 0 fully saturated rings. The predicted octanol–water partition coefficient (Wildman–Crippen LogP) is 4.54. The molecule has 0 aromatic heterocycles. The zero-order valence-corrected chi connectivity index (χ0v) is 17.9. The molecule has 1 N–H and O–H groups in total. The molecule has 0 unspecified atom stereocenters. The third-order valence-electron chi connectivity index (χ3n) is 3.56. The zero-order chi connectivity index (χ0) is 18.7. The van der Waals surface area contributed by atoms with E-state index in [-0.39, 0.29) is 24.0 Å². The summed E-state index contributed by atoms with van der Waals surface area (Å²) in [6.45, 7) is 7.32. The van der Waals surface area contributed by atoms with Gasteiger partial charge in [0.25, 0.3) is 0 Å². The second-order valence-electron chi connectivity index (χ2n) is 5.69. The summed E-state index contributed by atoms with van der Waals surface area (Å²) in [4.78, 5) is 6.47. The van der Waals surface area contributed by atoms with Crippen LogP contribution >= 0.6 is 24.0 Å². The number of rotatable bonds is 9. The van der Waals surface area contributed by atoms with Gasteiger partial charge >= 0.3 is 6.18 Å². The van der Waals surface area contributed by atoms with Crippen LogP contribution in [0, 0.1) is 0 Å². The third kappa shape index (κ3) is 9.61. The summed E-state index contributed by atoms with van der Waals surface area (Å²) in [6, 6.07) is 5.23. The normalized spacial score (nSPS) is 11.8. The van der Waals surface area contributed by atoms with Gasteiger partial charge in [0, 0.05) is 39.9 Å². The first kappa shape index (κ1) is 25.0. The zero-order valence-electron chi connectivity index (χ0n) is 15.6. The summed E-state index contributed by atoms with van der Waals surface area (Å²) >= 11 is 0. The summed E-state index contributed by atoms with van der Waals surface area (Å²) in [7, 11) is 1.87. The lowest BCUT2D eigenvalue weighted by Crippen LogP contribution is -2.38. The Labute approximate surface area is 171 Å². The molecule has 0 aliphatic carbocycles. The third-order valence-corrected chi connectivity index (χ3v) is 3.56. The van der Waals surface area contributed by atoms with Crippen LogP contribution < -0.4 is 5.32 Å². The van der Waals surface area contributed by atoms with Gasteiger partial charge in [-0.25, -0.2) is 0 Å². The van der Waals surface area contributed by atoms with Crippen molar-refractivity contribution in [3.63, 3.8) is 0 Å². The number of nitrogens with one attached hydrogen (secondary N) is 1. The number of benzene rings is 1. The number of halogens is 4. The number of aliphatic imine (C=N–C) groups is 1. The van der Waals surface area contributed by atoms with Gasteiger partial charge < -0.3 is 15.0 Å². The van der Waals surface area contributed by atoms with E-state index in [1.165, 1.54) is 12.1 Å². The van der Waals surface area contributed by atoms with Crippen LogP contribution in [0.15, 0.2) is 29.3 Å². The van der Waals surface area contributed by atoms with Crippen LogP contribution in [0.3, 0.4) is 0 Å². The molecule has 0 bridgehead atoms. The lowest BCUT2D eigenvalue weighted by molar-refractivity contribution is -0.137. The minimum atomic E-state index is -4.30. The number of unbranched alkanes of at least 4 members (excludes halogenated alkanes) is 1. The van der Waals surface area contributed by atoms with Gasteiger partial charge in [-0.3, -0.25) is 4.99 Å². The monoisotopic (exact) mass is 487 g/mol. The molecular formula is C18H29F3IN3O. The first-order valence-corrected chi connectivity index (χ1v) is 8.61. The number of hydrogen-bond donors (Lipinski definition) is 1. The van der Waals surface area contributed by atoms with E-state index in [0.29, 0.717) is 13.1 Å². The molecule has 0 saturated carbocycles. The van der Waals surface area contributed by atoms with E-state index in [2.05, 4.69) is 10.3 Å². The van der Waals surface area contributed by atoms with Crippen LogP contribution in [0.5, 0.6) is 0 Å². The van der Waals surface area contributed by atoms with Crippen molar-refractivity contribution >= 4 is 29.9 Å². The first-order valence-electron chi connectivity index (χ1n) is 8.61. The van der Waals surface area contributed by atoms with Gasteiger partial charge in [-0.1, -0.05) is 12.1 Å². The minimum Gasteiger partial charge on any atom is -0.382 e. The lowest BCUT2D eigenvalue weighted by atomic mass is 10.1. The molecule has 0 spiro atoms. The van der Waals surface area contributed by atoms with Crippen molar-refractivity contribution in [3.8, 4) is 0 Å². The Kier molecular flexibility index (Phi) is 12.7. The standard InChI is InChI=1S/C18H28F3N3O.HI/c1-4-22-17(23-12-6-7-13-25-5-2)24(3)14-15-8-10-16(11-9-15)18(19,20)21;/h8-11H,4-7,12-14H2,1-3H3,(H,22,23);1H. The number of hydrogen-bond acceptors (Lipinski definition) is 2. The molecule has 0 radical (unpaired) electrons. The second kappa shape index (κ2) is 13.2.